The van der Waals surface area contributed by atoms with Crippen molar-refractivity contribution in [3.63, 3.8) is 0 Å². The molecule has 2 N–H and O–H groups in total. The maximum atomic E-state index is 12.3. The number of para-hydroxylation sites is 1. The van der Waals surface area contributed by atoms with Gasteiger partial charge in [-0.3, -0.25) is 4.79 Å². The molecule has 0 radical (unpaired) electrons. The summed E-state index contributed by atoms with van der Waals surface area (Å²) in [4.78, 5) is 22.9. The Morgan fingerprint density at radius 2 is 1.82 bits per heavy atom. The van der Waals surface area contributed by atoms with Crippen molar-refractivity contribution in [2.24, 2.45) is 0 Å². The Labute approximate surface area is 197 Å². The molecule has 1 saturated heterocycles. The smallest absolute Gasteiger partial charge is 0.246 e. The van der Waals surface area contributed by atoms with Crippen LogP contribution in [-0.4, -0.2) is 43.6 Å². The summed E-state index contributed by atoms with van der Waals surface area (Å²) in [5, 5.41) is 5.66. The van der Waals surface area contributed by atoms with Gasteiger partial charge in [0, 0.05) is 18.7 Å². The fourth-order valence-corrected chi connectivity index (χ4v) is 4.41. The van der Waals surface area contributed by atoms with Crippen molar-refractivity contribution in [3.8, 4) is 22.8 Å². The summed E-state index contributed by atoms with van der Waals surface area (Å²) in [7, 11) is 0. The number of fused-ring (bicyclic) bond motifs is 1. The number of hydrogen-bond donors (Lipinski definition) is 1. The van der Waals surface area contributed by atoms with E-state index in [4.69, 9.17) is 15.6 Å². The normalized spacial score (nSPS) is 16.2. The number of hydrogen-bond acceptors (Lipinski definition) is 6. The Hall–Kier alpha value is -4.20. The molecule has 1 aliphatic rings. The number of anilines is 1. The van der Waals surface area contributed by atoms with Crippen molar-refractivity contribution < 1.29 is 9.53 Å². The maximum Gasteiger partial charge on any atom is 0.246 e. The summed E-state index contributed by atoms with van der Waals surface area (Å²) < 4.78 is 7.83. The second kappa shape index (κ2) is 9.35. The van der Waals surface area contributed by atoms with Crippen molar-refractivity contribution in [3.05, 3.63) is 73.6 Å². The molecule has 1 fully saturated rings. The number of rotatable bonds is 5. The van der Waals surface area contributed by atoms with E-state index < -0.39 is 0 Å². The number of likely N-dealkylation sites (tertiary alicyclic amines) is 1. The SMILES string of the molecule is C=CC(=O)N1CCCCC(n2nc(-c3ccc(Oc4ccccc4)cc3)c3c(N)ncnc32)C1. The van der Waals surface area contributed by atoms with Gasteiger partial charge in [-0.15, -0.1) is 0 Å². The minimum absolute atomic E-state index is 0.0161. The highest BCUT2D eigenvalue weighted by Gasteiger charge is 2.26. The molecule has 1 amide bonds. The summed E-state index contributed by atoms with van der Waals surface area (Å²) >= 11 is 0. The van der Waals surface area contributed by atoms with E-state index in [-0.39, 0.29) is 11.9 Å². The predicted octanol–water partition coefficient (Wildman–Crippen LogP) is 4.61. The van der Waals surface area contributed by atoms with Gasteiger partial charge < -0.3 is 15.4 Å². The number of carbonyl (C=O) groups excluding carboxylic acids is 1. The molecular formula is C26H26N6O2. The second-order valence-corrected chi connectivity index (χ2v) is 8.33. The predicted molar refractivity (Wildman–Crippen MR) is 131 cm³/mol. The first-order valence-electron chi connectivity index (χ1n) is 11.4. The van der Waals surface area contributed by atoms with E-state index in [1.807, 2.05) is 64.2 Å². The van der Waals surface area contributed by atoms with Gasteiger partial charge in [-0.05, 0) is 61.7 Å². The number of nitrogens with two attached hydrogens (primary N) is 1. The fraction of sp³-hybridized carbons (Fsp3) is 0.231. The van der Waals surface area contributed by atoms with Crippen LogP contribution in [0.15, 0.2) is 73.6 Å². The number of nitrogen functional groups attached to an aromatic ring is 1. The number of nitrogens with zero attached hydrogens (tertiary/aromatic N) is 5. The lowest BCUT2D eigenvalue weighted by Gasteiger charge is -2.23. The van der Waals surface area contributed by atoms with Gasteiger partial charge in [-0.25, -0.2) is 14.6 Å². The van der Waals surface area contributed by atoms with Gasteiger partial charge in [0.1, 0.15) is 29.3 Å². The van der Waals surface area contributed by atoms with Crippen LogP contribution in [0.2, 0.25) is 0 Å². The lowest BCUT2D eigenvalue weighted by molar-refractivity contribution is -0.126. The number of ether oxygens (including phenoxy) is 1. The summed E-state index contributed by atoms with van der Waals surface area (Å²) in [5.41, 5.74) is 8.56. The molecule has 2 aromatic heterocycles. The second-order valence-electron chi connectivity index (χ2n) is 8.33. The van der Waals surface area contributed by atoms with E-state index >= 15 is 0 Å². The van der Waals surface area contributed by atoms with Gasteiger partial charge in [0.15, 0.2) is 5.65 Å². The molecule has 34 heavy (non-hydrogen) atoms. The molecule has 1 aliphatic heterocycles. The van der Waals surface area contributed by atoms with Crippen LogP contribution in [-0.2, 0) is 4.79 Å². The summed E-state index contributed by atoms with van der Waals surface area (Å²) in [6.45, 7) is 4.91. The molecule has 0 spiro atoms. The highest BCUT2D eigenvalue weighted by molar-refractivity contribution is 5.98. The zero-order valence-electron chi connectivity index (χ0n) is 18.8. The molecule has 0 bridgehead atoms. The van der Waals surface area contributed by atoms with Crippen molar-refractivity contribution in [1.82, 2.24) is 24.6 Å². The van der Waals surface area contributed by atoms with Crippen LogP contribution in [0.5, 0.6) is 11.5 Å². The fourth-order valence-electron chi connectivity index (χ4n) is 4.41. The number of benzene rings is 2. The van der Waals surface area contributed by atoms with E-state index in [0.29, 0.717) is 35.6 Å². The minimum atomic E-state index is -0.0632. The molecular weight excluding hydrogens is 428 g/mol. The van der Waals surface area contributed by atoms with E-state index in [1.165, 1.54) is 12.4 Å². The summed E-state index contributed by atoms with van der Waals surface area (Å²) in [6, 6.07) is 17.3. The van der Waals surface area contributed by atoms with Gasteiger partial charge in [-0.2, -0.15) is 5.10 Å². The van der Waals surface area contributed by atoms with Crippen molar-refractivity contribution >= 4 is 22.8 Å². The van der Waals surface area contributed by atoms with Crippen molar-refractivity contribution in [1.29, 1.82) is 0 Å². The minimum Gasteiger partial charge on any atom is -0.457 e. The van der Waals surface area contributed by atoms with Crippen LogP contribution < -0.4 is 10.5 Å². The van der Waals surface area contributed by atoms with Gasteiger partial charge in [0.25, 0.3) is 0 Å². The Kier molecular flexibility index (Phi) is 5.95. The standard InChI is InChI=1S/C26H26N6O2/c1-2-22(33)31-15-7-6-8-19(16-31)32-26-23(25(27)28-17-29-26)24(30-32)18-11-13-21(14-12-18)34-20-9-4-3-5-10-20/h2-5,9-14,17,19H,1,6-8,15-16H2,(H2,27,28,29). The average Bonchev–Trinajstić information content (AvgIpc) is 3.09. The Morgan fingerprint density at radius 3 is 2.59 bits per heavy atom. The number of carbonyl (C=O) groups is 1. The molecule has 3 heterocycles. The number of amides is 1. The van der Waals surface area contributed by atoms with Crippen molar-refractivity contribution in [2.45, 2.75) is 25.3 Å². The molecule has 172 valence electrons. The lowest BCUT2D eigenvalue weighted by atomic mass is 10.1. The highest BCUT2D eigenvalue weighted by Crippen LogP contribution is 2.34. The Balaban J connectivity index is 1.51. The Bertz CT molecular complexity index is 1320. The lowest BCUT2D eigenvalue weighted by Crippen LogP contribution is -2.34. The third-order valence-electron chi connectivity index (χ3n) is 6.10. The van der Waals surface area contributed by atoms with E-state index in [2.05, 4.69) is 16.5 Å². The van der Waals surface area contributed by atoms with Crippen LogP contribution in [0.1, 0.15) is 25.3 Å². The third kappa shape index (κ3) is 4.22. The molecule has 1 atom stereocenters. The van der Waals surface area contributed by atoms with E-state index in [1.54, 1.807) is 0 Å². The zero-order chi connectivity index (χ0) is 23.5. The van der Waals surface area contributed by atoms with E-state index in [9.17, 15) is 4.79 Å². The van der Waals surface area contributed by atoms with Gasteiger partial charge in [0.05, 0.1) is 11.4 Å². The monoisotopic (exact) mass is 454 g/mol. The first-order chi connectivity index (χ1) is 16.6. The average molecular weight is 455 g/mol. The number of aromatic nitrogens is 4. The van der Waals surface area contributed by atoms with E-state index in [0.717, 1.165) is 36.3 Å². The van der Waals surface area contributed by atoms with Crippen LogP contribution >= 0.6 is 0 Å². The van der Waals surface area contributed by atoms with Crippen LogP contribution in [0.3, 0.4) is 0 Å². The van der Waals surface area contributed by atoms with Gasteiger partial charge >= 0.3 is 0 Å². The molecule has 1 unspecified atom stereocenters. The third-order valence-corrected chi connectivity index (χ3v) is 6.10. The highest BCUT2D eigenvalue weighted by atomic mass is 16.5. The van der Waals surface area contributed by atoms with Crippen LogP contribution in [0.4, 0.5) is 5.82 Å². The first-order valence-corrected chi connectivity index (χ1v) is 11.4. The molecule has 4 aromatic rings. The largest absolute Gasteiger partial charge is 0.457 e. The topological polar surface area (TPSA) is 99.2 Å². The molecule has 2 aromatic carbocycles. The Morgan fingerprint density at radius 1 is 1.06 bits per heavy atom. The summed E-state index contributed by atoms with van der Waals surface area (Å²) in [6.07, 6.45) is 5.66. The van der Waals surface area contributed by atoms with Crippen LogP contribution in [0.25, 0.3) is 22.3 Å². The molecule has 5 rings (SSSR count). The van der Waals surface area contributed by atoms with Gasteiger partial charge in [-0.1, -0.05) is 24.8 Å². The van der Waals surface area contributed by atoms with Crippen LogP contribution in [0, 0.1) is 0 Å². The molecule has 8 nitrogen and oxygen atoms in total. The molecule has 8 heteroatoms. The summed E-state index contributed by atoms with van der Waals surface area (Å²) in [5.74, 6) is 1.81. The molecule has 0 saturated carbocycles. The first kappa shape index (κ1) is 21.6. The van der Waals surface area contributed by atoms with Gasteiger partial charge in [0.2, 0.25) is 5.91 Å². The molecule has 0 aliphatic carbocycles. The van der Waals surface area contributed by atoms with Crippen molar-refractivity contribution in [2.75, 3.05) is 18.8 Å². The zero-order valence-corrected chi connectivity index (χ0v) is 18.8. The quantitative estimate of drug-likeness (QED) is 0.442. The maximum absolute atomic E-state index is 12.3.